The second kappa shape index (κ2) is 5.79. The van der Waals surface area contributed by atoms with Crippen LogP contribution in [0.15, 0.2) is 41.3 Å². The van der Waals surface area contributed by atoms with E-state index in [0.29, 0.717) is 11.3 Å². The van der Waals surface area contributed by atoms with Crippen LogP contribution in [-0.2, 0) is 27.8 Å². The SMILES string of the molecule is Cc1ccc(CNS(=O)(=O)c2ccc3c(c2)CC(=O)N3)c(C)c1. The third-order valence-corrected chi connectivity index (χ3v) is 5.36. The van der Waals surface area contributed by atoms with Crippen molar-refractivity contribution in [1.29, 1.82) is 0 Å². The van der Waals surface area contributed by atoms with E-state index < -0.39 is 10.0 Å². The number of sulfonamides is 1. The Bertz CT molecular complexity index is 889. The standard InChI is InChI=1S/C17H18N2O3S/c1-11-3-4-13(12(2)7-11)10-18-23(21,22)15-5-6-16-14(8-15)9-17(20)19-16/h3-8,18H,9-10H2,1-2H3,(H,19,20). The molecule has 0 fully saturated rings. The first-order valence-electron chi connectivity index (χ1n) is 7.34. The van der Waals surface area contributed by atoms with E-state index >= 15 is 0 Å². The van der Waals surface area contributed by atoms with Gasteiger partial charge in [-0.1, -0.05) is 23.8 Å². The van der Waals surface area contributed by atoms with Crippen LogP contribution in [0.5, 0.6) is 0 Å². The van der Waals surface area contributed by atoms with Gasteiger partial charge in [-0.15, -0.1) is 0 Å². The molecule has 120 valence electrons. The van der Waals surface area contributed by atoms with Gasteiger partial charge in [0.15, 0.2) is 0 Å². The van der Waals surface area contributed by atoms with Crippen LogP contribution in [-0.4, -0.2) is 14.3 Å². The van der Waals surface area contributed by atoms with E-state index in [-0.39, 0.29) is 23.8 Å². The highest BCUT2D eigenvalue weighted by atomic mass is 32.2. The van der Waals surface area contributed by atoms with E-state index in [1.165, 1.54) is 6.07 Å². The van der Waals surface area contributed by atoms with Crippen molar-refractivity contribution < 1.29 is 13.2 Å². The van der Waals surface area contributed by atoms with Gasteiger partial charge in [0.25, 0.3) is 0 Å². The molecule has 0 atom stereocenters. The zero-order valence-electron chi connectivity index (χ0n) is 13.0. The number of benzene rings is 2. The second-order valence-corrected chi connectivity index (χ2v) is 7.57. The fourth-order valence-corrected chi connectivity index (χ4v) is 3.73. The molecule has 1 aliphatic heterocycles. The Balaban J connectivity index is 1.80. The van der Waals surface area contributed by atoms with Crippen molar-refractivity contribution >= 4 is 21.6 Å². The van der Waals surface area contributed by atoms with Gasteiger partial charge >= 0.3 is 0 Å². The molecule has 1 amide bonds. The van der Waals surface area contributed by atoms with Crippen LogP contribution < -0.4 is 10.0 Å². The normalized spacial score (nSPS) is 13.7. The van der Waals surface area contributed by atoms with E-state index in [1.807, 2.05) is 32.0 Å². The molecule has 2 aromatic carbocycles. The quantitative estimate of drug-likeness (QED) is 0.903. The molecule has 0 unspecified atom stereocenters. The monoisotopic (exact) mass is 330 g/mol. The van der Waals surface area contributed by atoms with E-state index in [2.05, 4.69) is 10.0 Å². The smallest absolute Gasteiger partial charge is 0.240 e. The van der Waals surface area contributed by atoms with Gasteiger partial charge < -0.3 is 5.32 Å². The Morgan fingerprint density at radius 1 is 1.13 bits per heavy atom. The number of anilines is 1. The van der Waals surface area contributed by atoms with E-state index in [1.54, 1.807) is 12.1 Å². The summed E-state index contributed by atoms with van der Waals surface area (Å²) >= 11 is 0. The van der Waals surface area contributed by atoms with Crippen LogP contribution in [0.1, 0.15) is 22.3 Å². The Morgan fingerprint density at radius 2 is 1.91 bits per heavy atom. The fraction of sp³-hybridized carbons (Fsp3) is 0.235. The summed E-state index contributed by atoms with van der Waals surface area (Å²) in [6.45, 7) is 4.20. The van der Waals surface area contributed by atoms with Gasteiger partial charge in [0, 0.05) is 12.2 Å². The lowest BCUT2D eigenvalue weighted by Gasteiger charge is -2.10. The third-order valence-electron chi connectivity index (χ3n) is 3.96. The first-order valence-corrected chi connectivity index (χ1v) is 8.82. The number of carbonyl (C=O) groups is 1. The van der Waals surface area contributed by atoms with Crippen molar-refractivity contribution in [2.45, 2.75) is 31.7 Å². The molecule has 0 saturated carbocycles. The van der Waals surface area contributed by atoms with Crippen molar-refractivity contribution in [2.75, 3.05) is 5.32 Å². The lowest BCUT2D eigenvalue weighted by atomic mass is 10.1. The van der Waals surface area contributed by atoms with Crippen molar-refractivity contribution in [3.05, 3.63) is 58.7 Å². The largest absolute Gasteiger partial charge is 0.326 e. The van der Waals surface area contributed by atoms with Gasteiger partial charge in [0.1, 0.15) is 0 Å². The second-order valence-electron chi connectivity index (χ2n) is 5.80. The van der Waals surface area contributed by atoms with Crippen LogP contribution >= 0.6 is 0 Å². The molecule has 5 nitrogen and oxygen atoms in total. The van der Waals surface area contributed by atoms with Gasteiger partial charge in [0.05, 0.1) is 11.3 Å². The molecule has 2 aromatic rings. The summed E-state index contributed by atoms with van der Waals surface area (Å²) in [5, 5.41) is 2.69. The molecule has 0 bridgehead atoms. The molecule has 0 aromatic heterocycles. The molecule has 1 aliphatic rings. The van der Waals surface area contributed by atoms with Crippen LogP contribution in [0.4, 0.5) is 5.69 Å². The number of fused-ring (bicyclic) bond motifs is 1. The molecule has 0 saturated heterocycles. The molecule has 0 aliphatic carbocycles. The summed E-state index contributed by atoms with van der Waals surface area (Å²) in [5.74, 6) is -0.113. The molecule has 23 heavy (non-hydrogen) atoms. The van der Waals surface area contributed by atoms with Crippen LogP contribution in [0.25, 0.3) is 0 Å². The van der Waals surface area contributed by atoms with Crippen LogP contribution in [0.3, 0.4) is 0 Å². The molecular weight excluding hydrogens is 312 g/mol. The van der Waals surface area contributed by atoms with Gasteiger partial charge in [-0.25, -0.2) is 13.1 Å². The zero-order valence-corrected chi connectivity index (χ0v) is 13.8. The number of amides is 1. The van der Waals surface area contributed by atoms with Crippen molar-refractivity contribution in [3.8, 4) is 0 Å². The maximum Gasteiger partial charge on any atom is 0.240 e. The van der Waals surface area contributed by atoms with Crippen molar-refractivity contribution in [2.24, 2.45) is 0 Å². The van der Waals surface area contributed by atoms with Crippen molar-refractivity contribution in [3.63, 3.8) is 0 Å². The molecule has 2 N–H and O–H groups in total. The van der Waals surface area contributed by atoms with Gasteiger partial charge in [-0.2, -0.15) is 0 Å². The van der Waals surface area contributed by atoms with Crippen molar-refractivity contribution in [1.82, 2.24) is 4.72 Å². The maximum atomic E-state index is 12.4. The topological polar surface area (TPSA) is 75.3 Å². The Labute approximate surface area is 135 Å². The first-order chi connectivity index (χ1) is 10.8. The summed E-state index contributed by atoms with van der Waals surface area (Å²) in [5.41, 5.74) is 4.53. The molecule has 6 heteroatoms. The number of carbonyl (C=O) groups excluding carboxylic acids is 1. The summed E-state index contributed by atoms with van der Waals surface area (Å²) in [4.78, 5) is 11.5. The number of hydrogen-bond acceptors (Lipinski definition) is 3. The molecule has 1 heterocycles. The molecule has 3 rings (SSSR count). The fourth-order valence-electron chi connectivity index (χ4n) is 2.67. The zero-order chi connectivity index (χ0) is 16.6. The molecule has 0 radical (unpaired) electrons. The number of nitrogens with one attached hydrogen (secondary N) is 2. The molecular formula is C17H18N2O3S. The number of aryl methyl sites for hydroxylation is 2. The Kier molecular flexibility index (Phi) is 3.95. The van der Waals surface area contributed by atoms with Gasteiger partial charge in [-0.05, 0) is 48.7 Å². The summed E-state index contributed by atoms with van der Waals surface area (Å²) < 4.78 is 27.5. The average Bonchev–Trinajstić information content (AvgIpc) is 2.85. The Hall–Kier alpha value is -2.18. The Morgan fingerprint density at radius 3 is 2.65 bits per heavy atom. The maximum absolute atomic E-state index is 12.4. The minimum Gasteiger partial charge on any atom is -0.326 e. The summed E-state index contributed by atoms with van der Waals surface area (Å²) in [7, 11) is -3.61. The number of hydrogen-bond donors (Lipinski definition) is 2. The van der Waals surface area contributed by atoms with Gasteiger partial charge in [-0.3, -0.25) is 4.79 Å². The predicted molar refractivity (Wildman–Crippen MR) is 88.7 cm³/mol. The summed E-state index contributed by atoms with van der Waals surface area (Å²) in [6.07, 6.45) is 0.218. The lowest BCUT2D eigenvalue weighted by molar-refractivity contribution is -0.115. The summed E-state index contributed by atoms with van der Waals surface area (Å²) in [6, 6.07) is 10.6. The molecule has 0 spiro atoms. The highest BCUT2D eigenvalue weighted by Crippen LogP contribution is 2.25. The average molecular weight is 330 g/mol. The third kappa shape index (κ3) is 3.28. The van der Waals surface area contributed by atoms with Gasteiger partial charge in [0.2, 0.25) is 15.9 Å². The highest BCUT2D eigenvalue weighted by molar-refractivity contribution is 7.89. The van der Waals surface area contributed by atoms with E-state index in [0.717, 1.165) is 16.7 Å². The minimum atomic E-state index is -3.61. The predicted octanol–water partition coefficient (Wildman–Crippen LogP) is 2.28. The lowest BCUT2D eigenvalue weighted by Crippen LogP contribution is -2.23. The van der Waals surface area contributed by atoms with E-state index in [9.17, 15) is 13.2 Å². The first kappa shape index (κ1) is 15.7. The van der Waals surface area contributed by atoms with E-state index in [4.69, 9.17) is 0 Å². The number of rotatable bonds is 4. The highest BCUT2D eigenvalue weighted by Gasteiger charge is 2.21. The van der Waals surface area contributed by atoms with Crippen LogP contribution in [0.2, 0.25) is 0 Å². The van der Waals surface area contributed by atoms with Crippen LogP contribution in [0, 0.1) is 13.8 Å². The minimum absolute atomic E-state index is 0.113.